The zero-order valence-electron chi connectivity index (χ0n) is 12.9. The summed E-state index contributed by atoms with van der Waals surface area (Å²) in [5, 5.41) is 2.31. The summed E-state index contributed by atoms with van der Waals surface area (Å²) < 4.78 is 64.0. The molecular formula is C16H15F3N2O3S. The first-order valence-electron chi connectivity index (χ1n) is 7.20. The monoisotopic (exact) mass is 372 g/mol. The molecule has 2 rings (SSSR count). The number of rotatable bonds is 6. The number of halogens is 3. The highest BCUT2D eigenvalue weighted by molar-refractivity contribution is 7.89. The SMILES string of the molecule is O=C(CCNS(=O)(=O)c1ccccc1)Nc1cccc(C(F)(F)F)c1. The number of carbonyl (C=O) groups excluding carboxylic acids is 1. The van der Waals surface area contributed by atoms with Gasteiger partial charge in [0.2, 0.25) is 15.9 Å². The summed E-state index contributed by atoms with van der Waals surface area (Å²) in [5.74, 6) is -0.602. The normalized spacial score (nSPS) is 12.0. The van der Waals surface area contributed by atoms with Crippen molar-refractivity contribution < 1.29 is 26.4 Å². The maximum absolute atomic E-state index is 12.6. The molecule has 0 aliphatic rings. The lowest BCUT2D eigenvalue weighted by Crippen LogP contribution is -2.27. The Labute approximate surface area is 142 Å². The van der Waals surface area contributed by atoms with Gasteiger partial charge in [-0.25, -0.2) is 13.1 Å². The summed E-state index contributed by atoms with van der Waals surface area (Å²) >= 11 is 0. The molecule has 0 saturated heterocycles. The van der Waals surface area contributed by atoms with Crippen molar-refractivity contribution in [3.05, 3.63) is 60.2 Å². The molecule has 0 aromatic heterocycles. The van der Waals surface area contributed by atoms with Crippen LogP contribution in [0.4, 0.5) is 18.9 Å². The summed E-state index contributed by atoms with van der Waals surface area (Å²) in [5.41, 5.74) is -0.888. The predicted octanol–water partition coefficient (Wildman–Crippen LogP) is 3.01. The molecule has 0 unspecified atom stereocenters. The van der Waals surface area contributed by atoms with Crippen molar-refractivity contribution in [1.82, 2.24) is 4.72 Å². The standard InChI is InChI=1S/C16H15F3N2O3S/c17-16(18,19)12-5-4-6-13(11-12)21-15(22)9-10-20-25(23,24)14-7-2-1-3-8-14/h1-8,11,20H,9-10H2,(H,21,22). The molecule has 5 nitrogen and oxygen atoms in total. The second-order valence-corrected chi connectivity index (χ2v) is 6.85. The lowest BCUT2D eigenvalue weighted by molar-refractivity contribution is -0.137. The summed E-state index contributed by atoms with van der Waals surface area (Å²) in [6, 6.07) is 11.8. The van der Waals surface area contributed by atoms with Gasteiger partial charge in [0.1, 0.15) is 0 Å². The zero-order chi connectivity index (χ0) is 18.5. The van der Waals surface area contributed by atoms with Crippen LogP contribution >= 0.6 is 0 Å². The van der Waals surface area contributed by atoms with E-state index in [1.807, 2.05) is 0 Å². The van der Waals surface area contributed by atoms with E-state index in [-0.39, 0.29) is 23.5 Å². The van der Waals surface area contributed by atoms with E-state index in [1.165, 1.54) is 24.3 Å². The number of amides is 1. The number of alkyl halides is 3. The van der Waals surface area contributed by atoms with Gasteiger partial charge < -0.3 is 5.32 Å². The molecule has 1 amide bonds. The number of carbonyl (C=O) groups is 1. The maximum Gasteiger partial charge on any atom is 0.416 e. The van der Waals surface area contributed by atoms with Crippen LogP contribution in [0.25, 0.3) is 0 Å². The molecule has 9 heteroatoms. The van der Waals surface area contributed by atoms with Crippen LogP contribution in [0.1, 0.15) is 12.0 Å². The summed E-state index contributed by atoms with van der Waals surface area (Å²) in [6.45, 7) is -0.179. The highest BCUT2D eigenvalue weighted by atomic mass is 32.2. The Balaban J connectivity index is 1.89. The van der Waals surface area contributed by atoms with Crippen molar-refractivity contribution >= 4 is 21.6 Å². The van der Waals surface area contributed by atoms with Crippen LogP contribution in [0.3, 0.4) is 0 Å². The van der Waals surface area contributed by atoms with Gasteiger partial charge >= 0.3 is 6.18 Å². The van der Waals surface area contributed by atoms with Gasteiger partial charge in [-0.2, -0.15) is 13.2 Å². The van der Waals surface area contributed by atoms with E-state index < -0.39 is 27.7 Å². The van der Waals surface area contributed by atoms with Crippen LogP contribution in [0.15, 0.2) is 59.5 Å². The van der Waals surface area contributed by atoms with Crippen molar-refractivity contribution in [2.24, 2.45) is 0 Å². The van der Waals surface area contributed by atoms with Gasteiger partial charge in [0.25, 0.3) is 0 Å². The Kier molecular flexibility index (Phi) is 5.81. The molecule has 0 spiro atoms. The molecule has 0 heterocycles. The van der Waals surface area contributed by atoms with Crippen LogP contribution in [-0.2, 0) is 21.0 Å². The molecule has 0 aliphatic heterocycles. The van der Waals surface area contributed by atoms with E-state index in [2.05, 4.69) is 10.0 Å². The van der Waals surface area contributed by atoms with Gasteiger partial charge in [0, 0.05) is 18.7 Å². The van der Waals surface area contributed by atoms with Crippen molar-refractivity contribution in [3.8, 4) is 0 Å². The number of sulfonamides is 1. The van der Waals surface area contributed by atoms with Gasteiger partial charge in [-0.15, -0.1) is 0 Å². The molecule has 0 aliphatic carbocycles. The average molecular weight is 372 g/mol. The first kappa shape index (κ1) is 18.9. The highest BCUT2D eigenvalue weighted by Gasteiger charge is 2.30. The summed E-state index contributed by atoms with van der Waals surface area (Å²) in [7, 11) is -3.73. The molecule has 0 radical (unpaired) electrons. The van der Waals surface area contributed by atoms with Gasteiger partial charge in [-0.05, 0) is 30.3 Å². The van der Waals surface area contributed by atoms with Crippen LogP contribution in [0, 0.1) is 0 Å². The lowest BCUT2D eigenvalue weighted by Gasteiger charge is -2.10. The van der Waals surface area contributed by atoms with Crippen molar-refractivity contribution in [2.45, 2.75) is 17.5 Å². The van der Waals surface area contributed by atoms with E-state index in [4.69, 9.17) is 0 Å². The van der Waals surface area contributed by atoms with Gasteiger partial charge in [-0.3, -0.25) is 4.79 Å². The van der Waals surface area contributed by atoms with Crippen LogP contribution in [0.2, 0.25) is 0 Å². The fourth-order valence-corrected chi connectivity index (χ4v) is 3.03. The quantitative estimate of drug-likeness (QED) is 0.819. The Morgan fingerprint density at radius 2 is 1.68 bits per heavy atom. The van der Waals surface area contributed by atoms with Crippen molar-refractivity contribution in [3.63, 3.8) is 0 Å². The van der Waals surface area contributed by atoms with Gasteiger partial charge in [0.15, 0.2) is 0 Å². The van der Waals surface area contributed by atoms with E-state index in [1.54, 1.807) is 18.2 Å². The fourth-order valence-electron chi connectivity index (χ4n) is 1.98. The lowest BCUT2D eigenvalue weighted by atomic mass is 10.2. The number of hydrogen-bond acceptors (Lipinski definition) is 3. The van der Waals surface area contributed by atoms with E-state index in [0.717, 1.165) is 12.1 Å². The molecule has 25 heavy (non-hydrogen) atoms. The number of nitrogens with one attached hydrogen (secondary N) is 2. The maximum atomic E-state index is 12.6. The zero-order valence-corrected chi connectivity index (χ0v) is 13.7. The first-order chi connectivity index (χ1) is 11.7. The molecule has 2 aromatic rings. The van der Waals surface area contributed by atoms with Crippen molar-refractivity contribution in [2.75, 3.05) is 11.9 Å². The molecular weight excluding hydrogens is 357 g/mol. The van der Waals surface area contributed by atoms with Crippen LogP contribution in [0.5, 0.6) is 0 Å². The molecule has 0 bridgehead atoms. The summed E-state index contributed by atoms with van der Waals surface area (Å²) in [4.78, 5) is 11.8. The second-order valence-electron chi connectivity index (χ2n) is 5.09. The molecule has 0 atom stereocenters. The largest absolute Gasteiger partial charge is 0.416 e. The molecule has 0 fully saturated rings. The minimum absolute atomic E-state index is 0.00857. The van der Waals surface area contributed by atoms with Gasteiger partial charge in [0.05, 0.1) is 10.5 Å². The van der Waals surface area contributed by atoms with Crippen LogP contribution < -0.4 is 10.0 Å². The van der Waals surface area contributed by atoms with E-state index in [0.29, 0.717) is 0 Å². The minimum Gasteiger partial charge on any atom is -0.326 e. The predicted molar refractivity (Wildman–Crippen MR) is 86.3 cm³/mol. The van der Waals surface area contributed by atoms with Crippen LogP contribution in [-0.4, -0.2) is 20.9 Å². The third-order valence-corrected chi connectivity index (χ3v) is 4.65. The smallest absolute Gasteiger partial charge is 0.326 e. The Hall–Kier alpha value is -2.39. The van der Waals surface area contributed by atoms with Gasteiger partial charge in [-0.1, -0.05) is 24.3 Å². The highest BCUT2D eigenvalue weighted by Crippen LogP contribution is 2.30. The molecule has 2 aromatic carbocycles. The molecule has 134 valence electrons. The van der Waals surface area contributed by atoms with E-state index in [9.17, 15) is 26.4 Å². The Morgan fingerprint density at radius 3 is 2.32 bits per heavy atom. The number of benzene rings is 2. The second kappa shape index (κ2) is 7.66. The number of hydrogen-bond donors (Lipinski definition) is 2. The summed E-state index contributed by atoms with van der Waals surface area (Å²) in [6.07, 6.45) is -4.73. The van der Waals surface area contributed by atoms with E-state index >= 15 is 0 Å². The average Bonchev–Trinajstić information content (AvgIpc) is 2.55. The third-order valence-electron chi connectivity index (χ3n) is 3.17. The minimum atomic E-state index is -4.51. The first-order valence-corrected chi connectivity index (χ1v) is 8.68. The van der Waals surface area contributed by atoms with Crippen molar-refractivity contribution in [1.29, 1.82) is 0 Å². The topological polar surface area (TPSA) is 75.3 Å². The fraction of sp³-hybridized carbons (Fsp3) is 0.188. The third kappa shape index (κ3) is 5.57. The molecule has 2 N–H and O–H groups in total. The molecule has 0 saturated carbocycles. The Morgan fingerprint density at radius 1 is 1.00 bits per heavy atom. The number of anilines is 1. The Bertz CT molecular complexity index is 837.